The van der Waals surface area contributed by atoms with Crippen molar-refractivity contribution in [3.05, 3.63) is 0 Å². The molecule has 0 aliphatic carbocycles. The van der Waals surface area contributed by atoms with Gasteiger partial charge >= 0.3 is 6.03 Å². The molecule has 0 bridgehead atoms. The third-order valence-electron chi connectivity index (χ3n) is 4.26. The summed E-state index contributed by atoms with van der Waals surface area (Å²) in [5.74, 6) is 0.221. The average Bonchev–Trinajstić information content (AvgIpc) is 2.89. The molecule has 2 aliphatic rings. The molecule has 2 heterocycles. The number of fused-ring (bicyclic) bond motifs is 1. The molecular weight excluding hydrogens is 306 g/mol. The number of hydrogen-bond donors (Lipinski definition) is 2. The first-order chi connectivity index (χ1) is 10.4. The van der Waals surface area contributed by atoms with Crippen LogP contribution in [0.1, 0.15) is 39.0 Å². The predicted molar refractivity (Wildman–Crippen MR) is 83.2 cm³/mol. The van der Waals surface area contributed by atoms with Gasteiger partial charge in [0.1, 0.15) is 0 Å². The topological polar surface area (TPSA) is 95.6 Å². The molecule has 2 atom stereocenters. The number of carbonyl (C=O) groups excluding carboxylic acids is 2. The minimum atomic E-state index is -3.01. The molecule has 2 N–H and O–H groups in total. The van der Waals surface area contributed by atoms with Gasteiger partial charge in [0.25, 0.3) is 0 Å². The van der Waals surface area contributed by atoms with Crippen molar-refractivity contribution < 1.29 is 18.0 Å². The number of sulfone groups is 1. The van der Waals surface area contributed by atoms with Crippen molar-refractivity contribution >= 4 is 21.8 Å². The highest BCUT2D eigenvalue weighted by atomic mass is 32.2. The molecule has 22 heavy (non-hydrogen) atoms. The summed E-state index contributed by atoms with van der Waals surface area (Å²) < 4.78 is 23.2. The third kappa shape index (κ3) is 4.34. The van der Waals surface area contributed by atoms with E-state index in [1.54, 1.807) is 4.90 Å². The molecule has 2 aliphatic heterocycles. The van der Waals surface area contributed by atoms with E-state index in [1.807, 2.05) is 6.92 Å². The lowest BCUT2D eigenvalue weighted by Crippen LogP contribution is -2.37. The largest absolute Gasteiger partial charge is 0.356 e. The smallest absolute Gasteiger partial charge is 0.318 e. The summed E-state index contributed by atoms with van der Waals surface area (Å²) in [5.41, 5.74) is 0. The van der Waals surface area contributed by atoms with E-state index in [9.17, 15) is 18.0 Å². The zero-order valence-electron chi connectivity index (χ0n) is 13.0. The van der Waals surface area contributed by atoms with Gasteiger partial charge in [0.05, 0.1) is 23.6 Å². The van der Waals surface area contributed by atoms with Crippen molar-refractivity contribution in [2.24, 2.45) is 0 Å². The van der Waals surface area contributed by atoms with Gasteiger partial charge in [0.2, 0.25) is 5.91 Å². The number of rotatable bonds is 8. The molecular formula is C14H25N3O4S. The summed E-state index contributed by atoms with van der Waals surface area (Å²) in [5, 5.41) is 5.59. The second-order valence-electron chi connectivity index (χ2n) is 6.01. The van der Waals surface area contributed by atoms with Crippen LogP contribution in [-0.4, -0.2) is 61.9 Å². The Balaban J connectivity index is 1.63. The van der Waals surface area contributed by atoms with Gasteiger partial charge in [-0.3, -0.25) is 4.79 Å². The lowest BCUT2D eigenvalue weighted by Gasteiger charge is -2.21. The SMILES string of the molecule is CCC(=O)NCCCCCCN1C(=O)NC2CS(=O)(=O)CC21. The number of nitrogens with zero attached hydrogens (tertiary/aromatic N) is 1. The average molecular weight is 331 g/mol. The zero-order valence-corrected chi connectivity index (χ0v) is 13.8. The van der Waals surface area contributed by atoms with E-state index in [0.29, 0.717) is 19.5 Å². The molecule has 0 spiro atoms. The van der Waals surface area contributed by atoms with Gasteiger partial charge in [0, 0.05) is 19.5 Å². The molecule has 0 aromatic carbocycles. The van der Waals surface area contributed by atoms with Crippen molar-refractivity contribution in [1.82, 2.24) is 15.5 Å². The third-order valence-corrected chi connectivity index (χ3v) is 5.98. The monoisotopic (exact) mass is 331 g/mol. The summed E-state index contributed by atoms with van der Waals surface area (Å²) in [6.45, 7) is 3.12. The first-order valence-electron chi connectivity index (χ1n) is 7.97. The van der Waals surface area contributed by atoms with E-state index in [1.165, 1.54) is 0 Å². The Morgan fingerprint density at radius 2 is 2.00 bits per heavy atom. The van der Waals surface area contributed by atoms with E-state index in [-0.39, 0.29) is 35.5 Å². The van der Waals surface area contributed by atoms with Crippen molar-refractivity contribution in [2.45, 2.75) is 51.1 Å². The maximum atomic E-state index is 11.8. The molecule has 126 valence electrons. The van der Waals surface area contributed by atoms with E-state index >= 15 is 0 Å². The van der Waals surface area contributed by atoms with Crippen LogP contribution in [0, 0.1) is 0 Å². The number of amides is 3. The Hall–Kier alpha value is -1.31. The first-order valence-corrected chi connectivity index (χ1v) is 9.79. The van der Waals surface area contributed by atoms with Gasteiger partial charge in [-0.05, 0) is 12.8 Å². The number of unbranched alkanes of at least 4 members (excludes halogenated alkanes) is 3. The Labute approximate surface area is 131 Å². The number of nitrogens with one attached hydrogen (secondary N) is 2. The molecule has 3 amide bonds. The van der Waals surface area contributed by atoms with Gasteiger partial charge in [-0.15, -0.1) is 0 Å². The lowest BCUT2D eigenvalue weighted by molar-refractivity contribution is -0.120. The van der Waals surface area contributed by atoms with E-state index in [0.717, 1.165) is 25.7 Å². The molecule has 2 saturated heterocycles. The zero-order chi connectivity index (χ0) is 16.2. The minimum Gasteiger partial charge on any atom is -0.356 e. The van der Waals surface area contributed by atoms with Gasteiger partial charge < -0.3 is 15.5 Å². The highest BCUT2D eigenvalue weighted by molar-refractivity contribution is 7.91. The maximum Gasteiger partial charge on any atom is 0.318 e. The molecule has 2 unspecified atom stereocenters. The molecule has 0 radical (unpaired) electrons. The molecule has 2 fully saturated rings. The minimum absolute atomic E-state index is 0.0665. The summed E-state index contributed by atoms with van der Waals surface area (Å²) in [4.78, 5) is 24.6. The summed E-state index contributed by atoms with van der Waals surface area (Å²) in [7, 11) is -3.01. The summed E-state index contributed by atoms with van der Waals surface area (Å²) >= 11 is 0. The highest BCUT2D eigenvalue weighted by Gasteiger charge is 2.48. The van der Waals surface area contributed by atoms with Gasteiger partial charge in [-0.1, -0.05) is 19.8 Å². The van der Waals surface area contributed by atoms with Crippen molar-refractivity contribution in [1.29, 1.82) is 0 Å². The van der Waals surface area contributed by atoms with Crippen molar-refractivity contribution in [2.75, 3.05) is 24.6 Å². The number of carbonyl (C=O) groups is 2. The Morgan fingerprint density at radius 3 is 2.73 bits per heavy atom. The molecule has 7 nitrogen and oxygen atoms in total. The van der Waals surface area contributed by atoms with Crippen LogP contribution in [0.4, 0.5) is 4.79 Å². The van der Waals surface area contributed by atoms with Crippen molar-refractivity contribution in [3.8, 4) is 0 Å². The summed E-state index contributed by atoms with van der Waals surface area (Å²) in [6.07, 6.45) is 4.26. The Morgan fingerprint density at radius 1 is 1.27 bits per heavy atom. The van der Waals surface area contributed by atoms with Crippen LogP contribution in [-0.2, 0) is 14.6 Å². The summed E-state index contributed by atoms with van der Waals surface area (Å²) in [6, 6.07) is -0.566. The molecule has 0 aromatic heterocycles. The second kappa shape index (κ2) is 7.30. The Bertz CT molecular complexity index is 520. The first kappa shape index (κ1) is 17.1. The quantitative estimate of drug-likeness (QED) is 0.493. The Kier molecular flexibility index (Phi) is 5.66. The van der Waals surface area contributed by atoms with E-state index < -0.39 is 9.84 Å². The van der Waals surface area contributed by atoms with Gasteiger partial charge in [0.15, 0.2) is 9.84 Å². The van der Waals surface area contributed by atoms with E-state index in [2.05, 4.69) is 10.6 Å². The maximum absolute atomic E-state index is 11.8. The second-order valence-corrected chi connectivity index (χ2v) is 8.17. The molecule has 0 saturated carbocycles. The van der Waals surface area contributed by atoms with Crippen LogP contribution in [0.15, 0.2) is 0 Å². The fraction of sp³-hybridized carbons (Fsp3) is 0.857. The van der Waals surface area contributed by atoms with Crippen LogP contribution < -0.4 is 10.6 Å². The molecule has 0 aromatic rings. The predicted octanol–water partition coefficient (Wildman–Crippen LogP) is 0.264. The van der Waals surface area contributed by atoms with Crippen LogP contribution >= 0.6 is 0 Å². The lowest BCUT2D eigenvalue weighted by atomic mass is 10.1. The molecule has 8 heteroatoms. The number of hydrogen-bond acceptors (Lipinski definition) is 4. The van der Waals surface area contributed by atoms with Crippen LogP contribution in [0.3, 0.4) is 0 Å². The van der Waals surface area contributed by atoms with Gasteiger partial charge in [-0.2, -0.15) is 0 Å². The highest BCUT2D eigenvalue weighted by Crippen LogP contribution is 2.24. The fourth-order valence-electron chi connectivity index (χ4n) is 3.05. The number of urea groups is 1. The van der Waals surface area contributed by atoms with Crippen molar-refractivity contribution in [3.63, 3.8) is 0 Å². The standard InChI is InChI=1S/C14H25N3O4S/c1-2-13(18)15-7-5-3-4-6-8-17-12-10-22(20,21)9-11(12)16-14(17)19/h11-12H,2-10H2,1H3,(H,15,18)(H,16,19). The molecule has 2 rings (SSSR count). The normalized spacial score (nSPS) is 25.9. The van der Waals surface area contributed by atoms with Crippen LogP contribution in [0.2, 0.25) is 0 Å². The van der Waals surface area contributed by atoms with Crippen LogP contribution in [0.25, 0.3) is 0 Å². The van der Waals surface area contributed by atoms with Gasteiger partial charge in [-0.25, -0.2) is 13.2 Å². The van der Waals surface area contributed by atoms with E-state index in [4.69, 9.17) is 0 Å². The fourth-order valence-corrected chi connectivity index (χ4v) is 4.97. The van der Waals surface area contributed by atoms with Crippen LogP contribution in [0.5, 0.6) is 0 Å².